The number of nitrogens with zero attached hydrogens (tertiary/aromatic N) is 3. The van der Waals surface area contributed by atoms with Crippen molar-refractivity contribution in [2.45, 2.75) is 17.7 Å². The van der Waals surface area contributed by atoms with E-state index in [1.165, 1.54) is 0 Å². The van der Waals surface area contributed by atoms with E-state index in [0.29, 0.717) is 11.5 Å². The number of para-hydroxylation sites is 3. The zero-order valence-electron chi connectivity index (χ0n) is 15.8. The van der Waals surface area contributed by atoms with Crippen LogP contribution in [0.15, 0.2) is 52.9 Å². The lowest BCUT2D eigenvalue weighted by atomic mass is 10.2. The normalized spacial score (nSPS) is 11.0. The Hall–Kier alpha value is -2.64. The summed E-state index contributed by atoms with van der Waals surface area (Å²) in [4.78, 5) is 14.2. The lowest BCUT2D eigenvalue weighted by Gasteiger charge is -2.10. The van der Waals surface area contributed by atoms with Gasteiger partial charge in [0.1, 0.15) is 10.0 Å². The highest BCUT2D eigenvalue weighted by Crippen LogP contribution is 2.39. The summed E-state index contributed by atoms with van der Waals surface area (Å²) in [6, 6.07) is 13.8. The van der Waals surface area contributed by atoms with Gasteiger partial charge in [0.25, 0.3) is 0 Å². The first-order valence-corrected chi connectivity index (χ1v) is 10.6. The molecule has 0 N–H and O–H groups in total. The average Bonchev–Trinajstić information content (AvgIpc) is 3.20. The molecule has 0 saturated heterocycles. The molecular weight excluding hydrogens is 390 g/mol. The first kappa shape index (κ1) is 18.7. The van der Waals surface area contributed by atoms with Crippen LogP contribution in [-0.4, -0.2) is 29.2 Å². The number of aromatic nitrogens is 3. The molecule has 28 heavy (non-hydrogen) atoms. The van der Waals surface area contributed by atoms with Crippen molar-refractivity contribution in [1.29, 1.82) is 0 Å². The molecule has 0 unspecified atom stereocenters. The van der Waals surface area contributed by atoms with Gasteiger partial charge in [-0.15, -0.1) is 11.3 Å². The van der Waals surface area contributed by atoms with Gasteiger partial charge in [-0.2, -0.15) is 0 Å². The Balaban J connectivity index is 1.56. The molecule has 2 heterocycles. The highest BCUT2D eigenvalue weighted by molar-refractivity contribution is 7.98. The van der Waals surface area contributed by atoms with Crippen molar-refractivity contribution in [2.24, 2.45) is 0 Å². The molecule has 2 aromatic carbocycles. The summed E-state index contributed by atoms with van der Waals surface area (Å²) < 4.78 is 10.9. The average molecular weight is 410 g/mol. The largest absolute Gasteiger partial charge is 0.493 e. The Labute approximate surface area is 171 Å². The van der Waals surface area contributed by atoms with E-state index in [1.807, 2.05) is 49.4 Å². The van der Waals surface area contributed by atoms with Crippen LogP contribution in [0, 0.1) is 6.92 Å². The van der Waals surface area contributed by atoms with E-state index < -0.39 is 0 Å². The number of thioether (sulfide) groups is 1. The monoisotopic (exact) mass is 409 g/mol. The minimum atomic E-state index is 0.702. The van der Waals surface area contributed by atoms with E-state index >= 15 is 0 Å². The second-order valence-electron chi connectivity index (χ2n) is 6.08. The van der Waals surface area contributed by atoms with E-state index in [4.69, 9.17) is 19.4 Å². The lowest BCUT2D eigenvalue weighted by Crippen LogP contribution is -1.94. The molecule has 7 heteroatoms. The molecule has 0 radical (unpaired) electrons. The van der Waals surface area contributed by atoms with Gasteiger partial charge in [-0.3, -0.25) is 0 Å². The molecule has 0 amide bonds. The number of methoxy groups -OCH3 is 2. The van der Waals surface area contributed by atoms with Crippen LogP contribution in [0.3, 0.4) is 0 Å². The second kappa shape index (κ2) is 8.16. The van der Waals surface area contributed by atoms with Crippen LogP contribution >= 0.6 is 23.1 Å². The molecule has 0 aliphatic heterocycles. The molecule has 142 valence electrons. The van der Waals surface area contributed by atoms with Crippen LogP contribution in [0.2, 0.25) is 0 Å². The summed E-state index contributed by atoms with van der Waals surface area (Å²) in [5, 5.41) is 3.92. The summed E-state index contributed by atoms with van der Waals surface area (Å²) in [7, 11) is 3.28. The zero-order valence-corrected chi connectivity index (χ0v) is 17.4. The number of fused-ring (bicyclic) bond motifs is 1. The van der Waals surface area contributed by atoms with Crippen LogP contribution in [-0.2, 0) is 5.75 Å². The van der Waals surface area contributed by atoms with Crippen LogP contribution in [0.25, 0.3) is 21.6 Å². The third kappa shape index (κ3) is 3.68. The number of rotatable bonds is 6. The van der Waals surface area contributed by atoms with E-state index in [1.54, 1.807) is 37.3 Å². The summed E-state index contributed by atoms with van der Waals surface area (Å²) in [6.07, 6.45) is 0. The number of thiazole rings is 1. The Morgan fingerprint density at radius 2 is 1.71 bits per heavy atom. The summed E-state index contributed by atoms with van der Waals surface area (Å²) in [6.45, 7) is 2.00. The third-order valence-corrected chi connectivity index (χ3v) is 6.27. The Morgan fingerprint density at radius 3 is 2.46 bits per heavy atom. The van der Waals surface area contributed by atoms with Crippen LogP contribution < -0.4 is 9.47 Å². The molecule has 0 aliphatic rings. The molecule has 0 fully saturated rings. The van der Waals surface area contributed by atoms with Crippen molar-refractivity contribution < 1.29 is 9.47 Å². The van der Waals surface area contributed by atoms with Crippen molar-refractivity contribution in [2.75, 3.05) is 14.2 Å². The molecule has 0 aliphatic carbocycles. The zero-order chi connectivity index (χ0) is 19.5. The van der Waals surface area contributed by atoms with Gasteiger partial charge < -0.3 is 9.47 Å². The van der Waals surface area contributed by atoms with E-state index in [2.05, 4.69) is 10.4 Å². The van der Waals surface area contributed by atoms with Gasteiger partial charge in [0, 0.05) is 11.1 Å². The number of aryl methyl sites for hydroxylation is 1. The summed E-state index contributed by atoms with van der Waals surface area (Å²) >= 11 is 3.25. The van der Waals surface area contributed by atoms with Gasteiger partial charge in [0.2, 0.25) is 0 Å². The van der Waals surface area contributed by atoms with Gasteiger partial charge in [-0.1, -0.05) is 30.0 Å². The molecule has 0 atom stereocenters. The fraction of sp³-hybridized carbons (Fsp3) is 0.190. The fourth-order valence-electron chi connectivity index (χ4n) is 2.90. The molecule has 0 spiro atoms. The van der Waals surface area contributed by atoms with E-state index in [0.717, 1.165) is 43.8 Å². The smallest absolute Gasteiger partial charge is 0.170 e. The molecule has 2 aromatic heterocycles. The maximum atomic E-state index is 5.54. The quantitative estimate of drug-likeness (QED) is 0.399. The van der Waals surface area contributed by atoms with Gasteiger partial charge >= 0.3 is 0 Å². The highest BCUT2D eigenvalue weighted by atomic mass is 32.2. The summed E-state index contributed by atoms with van der Waals surface area (Å²) in [5.74, 6) is 2.14. The van der Waals surface area contributed by atoms with Crippen LogP contribution in [0.5, 0.6) is 11.5 Å². The van der Waals surface area contributed by atoms with Crippen molar-refractivity contribution >= 4 is 34.1 Å². The number of hydrogen-bond acceptors (Lipinski definition) is 7. The Kier molecular flexibility index (Phi) is 5.45. The van der Waals surface area contributed by atoms with E-state index in [9.17, 15) is 0 Å². The van der Waals surface area contributed by atoms with Crippen molar-refractivity contribution in [3.8, 4) is 22.1 Å². The predicted molar refractivity (Wildman–Crippen MR) is 114 cm³/mol. The van der Waals surface area contributed by atoms with Crippen LogP contribution in [0.1, 0.15) is 11.4 Å². The lowest BCUT2D eigenvalue weighted by molar-refractivity contribution is 0.356. The Bertz CT molecular complexity index is 1130. The standard InChI is InChI=1S/C21H19N3O2S2/c1-13-20(24-17-9-5-4-8-16(17)22-13)27-11-14-12-28-21(23-14)15-7-6-10-18(25-2)19(15)26-3/h4-10,12H,11H2,1-3H3. The summed E-state index contributed by atoms with van der Waals surface area (Å²) in [5.41, 5.74) is 4.71. The molecule has 4 rings (SSSR count). The minimum absolute atomic E-state index is 0.702. The van der Waals surface area contributed by atoms with Crippen molar-refractivity contribution in [3.63, 3.8) is 0 Å². The maximum absolute atomic E-state index is 5.54. The van der Waals surface area contributed by atoms with Gasteiger partial charge in [0.05, 0.1) is 42.2 Å². The van der Waals surface area contributed by atoms with Crippen molar-refractivity contribution in [3.05, 3.63) is 59.2 Å². The topological polar surface area (TPSA) is 57.1 Å². The van der Waals surface area contributed by atoms with Gasteiger partial charge in [0.15, 0.2) is 11.5 Å². The van der Waals surface area contributed by atoms with Crippen molar-refractivity contribution in [1.82, 2.24) is 15.0 Å². The first-order valence-electron chi connectivity index (χ1n) is 8.71. The molecule has 4 aromatic rings. The fourth-order valence-corrected chi connectivity index (χ4v) is 4.70. The molecule has 5 nitrogen and oxygen atoms in total. The maximum Gasteiger partial charge on any atom is 0.170 e. The molecule has 0 bridgehead atoms. The highest BCUT2D eigenvalue weighted by Gasteiger charge is 2.15. The number of hydrogen-bond donors (Lipinski definition) is 0. The third-order valence-electron chi connectivity index (χ3n) is 4.24. The number of benzene rings is 2. The van der Waals surface area contributed by atoms with E-state index in [-0.39, 0.29) is 0 Å². The van der Waals surface area contributed by atoms with Crippen LogP contribution in [0.4, 0.5) is 0 Å². The minimum Gasteiger partial charge on any atom is -0.493 e. The molecular formula is C21H19N3O2S2. The predicted octanol–water partition coefficient (Wildman–Crippen LogP) is 5.37. The molecule has 0 saturated carbocycles. The van der Waals surface area contributed by atoms with Gasteiger partial charge in [-0.25, -0.2) is 15.0 Å². The first-order chi connectivity index (χ1) is 13.7. The van der Waals surface area contributed by atoms with Gasteiger partial charge in [-0.05, 0) is 31.2 Å². The second-order valence-corrected chi connectivity index (χ2v) is 7.90. The SMILES string of the molecule is COc1cccc(-c2nc(CSc3nc4ccccc4nc3C)cs2)c1OC. The number of ether oxygens (including phenoxy) is 2. The Morgan fingerprint density at radius 1 is 0.929 bits per heavy atom.